The van der Waals surface area contributed by atoms with E-state index in [-0.39, 0.29) is 115 Å². The molecule has 2 saturated heterocycles. The third-order valence-corrected chi connectivity index (χ3v) is 14.8. The molecular formula is C60H106N2O14. The van der Waals surface area contributed by atoms with Crippen molar-refractivity contribution in [1.29, 1.82) is 0 Å². The molecule has 16 nitrogen and oxygen atoms in total. The highest BCUT2D eigenvalue weighted by atomic mass is 16.6. The van der Waals surface area contributed by atoms with E-state index < -0.39 is 42.0 Å². The Hall–Kier alpha value is -3.95. The molecule has 2 aliphatic rings. The van der Waals surface area contributed by atoms with E-state index in [1.54, 1.807) is 4.90 Å². The number of carbonyl (C=O) groups is 7. The van der Waals surface area contributed by atoms with Crippen LogP contribution in [0.3, 0.4) is 0 Å². The van der Waals surface area contributed by atoms with Crippen LogP contribution in [0.4, 0.5) is 4.79 Å². The Morgan fingerprint density at radius 1 is 0.368 bits per heavy atom. The van der Waals surface area contributed by atoms with Crippen LogP contribution in [0, 0.1) is 11.8 Å². The number of likely N-dealkylation sites (tertiary alicyclic amines) is 2. The Kier molecular flexibility index (Phi) is 40.3. The van der Waals surface area contributed by atoms with Gasteiger partial charge in [-0.15, -0.1) is 0 Å². The smallest absolute Gasteiger partial charge is 0.410 e. The average Bonchev–Trinajstić information content (AvgIpc) is 3.62. The van der Waals surface area contributed by atoms with Crippen LogP contribution in [0.15, 0.2) is 0 Å². The van der Waals surface area contributed by atoms with Gasteiger partial charge in [0, 0.05) is 43.6 Å². The SMILES string of the molecule is CCCCCCCCC(=O)OCC(COC(=O)CCCCCCCC)CC(=O)OC[C@H]1CCCC[C@@H](COC(=O)CC(COC(=O)CCCCCCCC)COC(=O)CCCCCCCC)N1C(=O)OCC1CCN1C. The van der Waals surface area contributed by atoms with Crippen molar-refractivity contribution in [2.75, 3.05) is 59.8 Å². The van der Waals surface area contributed by atoms with Crippen LogP contribution in [0.2, 0.25) is 0 Å². The molecule has 0 saturated carbocycles. The molecule has 2 fully saturated rings. The molecule has 76 heavy (non-hydrogen) atoms. The van der Waals surface area contributed by atoms with Crippen molar-refractivity contribution in [2.24, 2.45) is 11.8 Å². The van der Waals surface area contributed by atoms with Crippen LogP contribution in [0.1, 0.15) is 252 Å². The van der Waals surface area contributed by atoms with Gasteiger partial charge in [0.1, 0.15) is 19.8 Å². The maximum atomic E-state index is 14.1. The molecule has 440 valence electrons. The first-order valence-electron chi connectivity index (χ1n) is 30.5. The van der Waals surface area contributed by atoms with Gasteiger partial charge in [0.15, 0.2) is 0 Å². The first kappa shape index (κ1) is 68.2. The Labute approximate surface area is 459 Å². The highest BCUT2D eigenvalue weighted by Gasteiger charge is 2.37. The molecule has 0 aromatic heterocycles. The van der Waals surface area contributed by atoms with Gasteiger partial charge in [0.05, 0.1) is 51.4 Å². The Morgan fingerprint density at radius 3 is 0.961 bits per heavy atom. The lowest BCUT2D eigenvalue weighted by Gasteiger charge is -2.39. The highest BCUT2D eigenvalue weighted by Crippen LogP contribution is 2.26. The van der Waals surface area contributed by atoms with Gasteiger partial charge in [-0.3, -0.25) is 38.6 Å². The molecule has 0 radical (unpaired) electrons. The lowest BCUT2D eigenvalue weighted by Crippen LogP contribution is -2.53. The molecular weight excluding hydrogens is 973 g/mol. The van der Waals surface area contributed by atoms with Gasteiger partial charge in [0.2, 0.25) is 0 Å². The number of hydrogen-bond donors (Lipinski definition) is 0. The summed E-state index contributed by atoms with van der Waals surface area (Å²) in [5, 5.41) is 0. The normalized spacial score (nSPS) is 16.7. The summed E-state index contributed by atoms with van der Waals surface area (Å²) in [7, 11) is 1.97. The van der Waals surface area contributed by atoms with Gasteiger partial charge in [-0.2, -0.15) is 0 Å². The standard InChI is InChI=1S/C60H106N2O14/c1-6-10-14-18-22-26-34-54(63)70-42-49(43-71-55(64)35-27-23-19-15-11-7-2)40-58(67)74-47-52-32-30-31-33-53(62(52)60(69)76-46-51-38-39-61(51)5)48-75-59(68)41-50(44-72-56(65)36-28-24-20-16-12-8-3)45-73-57(66)37-29-25-21-17-13-9-4/h49-53H,6-48H2,1-5H3/t51?,52-,53+. The number of rotatable bonds is 46. The minimum atomic E-state index is -0.632. The molecule has 2 heterocycles. The number of amides is 1. The van der Waals surface area contributed by atoms with Crippen molar-refractivity contribution in [1.82, 2.24) is 9.80 Å². The van der Waals surface area contributed by atoms with E-state index in [4.69, 9.17) is 33.2 Å². The lowest BCUT2D eigenvalue weighted by molar-refractivity contribution is -0.156. The van der Waals surface area contributed by atoms with Gasteiger partial charge in [-0.25, -0.2) is 4.79 Å². The summed E-state index contributed by atoms with van der Waals surface area (Å²) < 4.78 is 40.2. The molecule has 0 bridgehead atoms. The summed E-state index contributed by atoms with van der Waals surface area (Å²) in [5.41, 5.74) is 0. The lowest BCUT2D eigenvalue weighted by atomic mass is 10.1. The number of ether oxygens (including phenoxy) is 7. The van der Waals surface area contributed by atoms with Crippen LogP contribution in [0.25, 0.3) is 0 Å². The first-order chi connectivity index (χ1) is 36.9. The molecule has 0 spiro atoms. The molecule has 0 aromatic carbocycles. The van der Waals surface area contributed by atoms with E-state index in [9.17, 15) is 33.6 Å². The number of esters is 6. The van der Waals surface area contributed by atoms with Gasteiger partial charge >= 0.3 is 41.9 Å². The minimum absolute atomic E-state index is 0.0805. The van der Waals surface area contributed by atoms with Crippen LogP contribution in [-0.2, 0) is 61.9 Å². The Morgan fingerprint density at radius 2 is 0.671 bits per heavy atom. The zero-order valence-electron chi connectivity index (χ0n) is 48.4. The van der Waals surface area contributed by atoms with Crippen molar-refractivity contribution in [3.63, 3.8) is 0 Å². The molecule has 2 aliphatic heterocycles. The number of hydrogen-bond acceptors (Lipinski definition) is 15. The first-order valence-corrected chi connectivity index (χ1v) is 30.5. The summed E-state index contributed by atoms with van der Waals surface area (Å²) in [6.45, 7) is 8.98. The van der Waals surface area contributed by atoms with E-state index in [1.165, 1.54) is 25.7 Å². The molecule has 1 amide bonds. The van der Waals surface area contributed by atoms with E-state index in [0.717, 1.165) is 116 Å². The van der Waals surface area contributed by atoms with E-state index >= 15 is 0 Å². The molecule has 3 atom stereocenters. The molecule has 0 aromatic rings. The van der Waals surface area contributed by atoms with Gasteiger partial charge in [0.25, 0.3) is 0 Å². The fourth-order valence-electron chi connectivity index (χ4n) is 9.61. The summed E-state index contributed by atoms with van der Waals surface area (Å²) >= 11 is 0. The second kappa shape index (κ2) is 45.0. The van der Waals surface area contributed by atoms with Crippen molar-refractivity contribution in [2.45, 2.75) is 271 Å². The van der Waals surface area contributed by atoms with Gasteiger partial charge in [-0.1, -0.05) is 169 Å². The van der Waals surface area contributed by atoms with Crippen molar-refractivity contribution in [3.05, 3.63) is 0 Å². The van der Waals surface area contributed by atoms with Crippen LogP contribution in [-0.4, -0.2) is 130 Å². The quantitative estimate of drug-likeness (QED) is 0.0317. The van der Waals surface area contributed by atoms with E-state index in [0.29, 0.717) is 51.4 Å². The molecule has 0 N–H and O–H groups in total. The molecule has 1 unspecified atom stereocenters. The summed E-state index contributed by atoms with van der Waals surface area (Å²) in [5.74, 6) is -3.89. The number of likely N-dealkylation sites (N-methyl/N-ethyl adjacent to an activating group) is 1. The molecule has 16 heteroatoms. The number of unbranched alkanes of at least 4 members (excludes halogenated alkanes) is 20. The topological polar surface area (TPSA) is 191 Å². The summed E-state index contributed by atoms with van der Waals surface area (Å²) in [6.07, 6.45) is 28.1. The van der Waals surface area contributed by atoms with Gasteiger partial charge in [-0.05, 0) is 58.5 Å². The predicted molar refractivity (Wildman–Crippen MR) is 294 cm³/mol. The van der Waals surface area contributed by atoms with Crippen molar-refractivity contribution >= 4 is 41.9 Å². The molecule has 0 aliphatic carbocycles. The van der Waals surface area contributed by atoms with E-state index in [1.807, 2.05) is 7.05 Å². The minimum Gasteiger partial charge on any atom is -0.465 e. The predicted octanol–water partition coefficient (Wildman–Crippen LogP) is 12.7. The highest BCUT2D eigenvalue weighted by molar-refractivity contribution is 5.73. The Balaban J connectivity index is 2.15. The summed E-state index contributed by atoms with van der Waals surface area (Å²) in [6, 6.07) is -1.12. The van der Waals surface area contributed by atoms with Crippen molar-refractivity contribution < 1.29 is 66.7 Å². The zero-order chi connectivity index (χ0) is 55.4. The maximum absolute atomic E-state index is 14.1. The second-order valence-electron chi connectivity index (χ2n) is 21.8. The third kappa shape index (κ3) is 34.0. The fraction of sp³-hybridized carbons (Fsp3) is 0.883. The second-order valence-corrected chi connectivity index (χ2v) is 21.8. The Bertz CT molecular complexity index is 1420. The van der Waals surface area contributed by atoms with Crippen LogP contribution in [0.5, 0.6) is 0 Å². The zero-order valence-corrected chi connectivity index (χ0v) is 48.4. The van der Waals surface area contributed by atoms with Crippen molar-refractivity contribution in [3.8, 4) is 0 Å². The van der Waals surface area contributed by atoms with Gasteiger partial charge < -0.3 is 33.2 Å². The average molecular weight is 1080 g/mol. The molecule has 2 rings (SSSR count). The number of carbonyl (C=O) groups excluding carboxylic acids is 7. The van der Waals surface area contributed by atoms with E-state index in [2.05, 4.69) is 32.6 Å². The van der Waals surface area contributed by atoms with Crippen LogP contribution >= 0.6 is 0 Å². The number of nitrogens with zero attached hydrogens (tertiary/aromatic N) is 2. The monoisotopic (exact) mass is 1080 g/mol. The maximum Gasteiger partial charge on any atom is 0.410 e. The van der Waals surface area contributed by atoms with Crippen LogP contribution < -0.4 is 0 Å². The summed E-state index contributed by atoms with van der Waals surface area (Å²) in [4.78, 5) is 96.1. The third-order valence-electron chi connectivity index (χ3n) is 14.8. The largest absolute Gasteiger partial charge is 0.465 e. The fourth-order valence-corrected chi connectivity index (χ4v) is 9.61.